The Balaban J connectivity index is 2.51. The van der Waals surface area contributed by atoms with Gasteiger partial charge in [0, 0.05) is 25.7 Å². The smallest absolute Gasteiger partial charge is 0.0619 e. The molecule has 1 rings (SSSR count). The molecule has 0 aromatic heterocycles. The van der Waals surface area contributed by atoms with Gasteiger partial charge in [-0.25, -0.2) is 0 Å². The molecule has 0 radical (unpaired) electrons. The van der Waals surface area contributed by atoms with Crippen molar-refractivity contribution in [3.8, 4) is 0 Å². The molecule has 102 valence electrons. The number of ether oxygens (including phenoxy) is 1. The van der Waals surface area contributed by atoms with Crippen molar-refractivity contribution in [2.75, 3.05) is 39.4 Å². The molecule has 1 heterocycles. The summed E-state index contributed by atoms with van der Waals surface area (Å²) in [6.07, 6.45) is 2.56. The van der Waals surface area contributed by atoms with E-state index < -0.39 is 0 Å². The second kappa shape index (κ2) is 7.34. The van der Waals surface area contributed by atoms with Crippen LogP contribution in [0.1, 0.15) is 40.5 Å². The lowest BCUT2D eigenvalue weighted by Gasteiger charge is -2.40. The van der Waals surface area contributed by atoms with Crippen molar-refractivity contribution in [1.29, 1.82) is 0 Å². The van der Waals surface area contributed by atoms with Crippen molar-refractivity contribution in [1.82, 2.24) is 10.2 Å². The molecule has 17 heavy (non-hydrogen) atoms. The minimum atomic E-state index is 0.399. The molecule has 0 aliphatic carbocycles. The van der Waals surface area contributed by atoms with Crippen LogP contribution in [0.2, 0.25) is 0 Å². The average Bonchev–Trinajstić information content (AvgIpc) is 2.30. The third-order valence-electron chi connectivity index (χ3n) is 3.75. The molecule has 0 aromatic carbocycles. The number of nitrogens with one attached hydrogen (secondary N) is 1. The molecule has 2 atom stereocenters. The first-order valence-electron chi connectivity index (χ1n) is 7.14. The van der Waals surface area contributed by atoms with Crippen LogP contribution in [0.15, 0.2) is 0 Å². The summed E-state index contributed by atoms with van der Waals surface area (Å²) >= 11 is 0. The first kappa shape index (κ1) is 14.9. The average molecular weight is 242 g/mol. The topological polar surface area (TPSA) is 24.5 Å². The highest BCUT2D eigenvalue weighted by Gasteiger charge is 2.29. The van der Waals surface area contributed by atoms with Crippen molar-refractivity contribution >= 4 is 0 Å². The highest BCUT2D eigenvalue weighted by Crippen LogP contribution is 2.25. The zero-order valence-corrected chi connectivity index (χ0v) is 12.1. The van der Waals surface area contributed by atoms with Gasteiger partial charge >= 0.3 is 0 Å². The van der Waals surface area contributed by atoms with E-state index in [1.54, 1.807) is 0 Å². The molecule has 1 N–H and O–H groups in total. The predicted molar refractivity (Wildman–Crippen MR) is 73.4 cm³/mol. The maximum absolute atomic E-state index is 5.51. The number of hydrogen-bond donors (Lipinski definition) is 1. The zero-order valence-electron chi connectivity index (χ0n) is 12.1. The Morgan fingerprint density at radius 3 is 2.76 bits per heavy atom. The van der Waals surface area contributed by atoms with Gasteiger partial charge in [0.05, 0.1) is 13.2 Å². The van der Waals surface area contributed by atoms with Crippen LogP contribution in [-0.2, 0) is 4.74 Å². The lowest BCUT2D eigenvalue weighted by molar-refractivity contribution is -0.0193. The van der Waals surface area contributed by atoms with E-state index >= 15 is 0 Å². The first-order chi connectivity index (χ1) is 8.11. The third-order valence-corrected chi connectivity index (χ3v) is 3.75. The second-order valence-electron chi connectivity index (χ2n) is 5.74. The van der Waals surface area contributed by atoms with Gasteiger partial charge in [-0.1, -0.05) is 27.2 Å². The van der Waals surface area contributed by atoms with Crippen molar-refractivity contribution < 1.29 is 4.74 Å². The molecule has 3 heteroatoms. The van der Waals surface area contributed by atoms with Crippen LogP contribution in [0, 0.1) is 5.41 Å². The quantitative estimate of drug-likeness (QED) is 0.740. The Bertz CT molecular complexity index is 210. The summed E-state index contributed by atoms with van der Waals surface area (Å²) in [6, 6.07) is 0.571. The Kier molecular flexibility index (Phi) is 6.45. The summed E-state index contributed by atoms with van der Waals surface area (Å²) < 4.78 is 5.51. The second-order valence-corrected chi connectivity index (χ2v) is 5.74. The summed E-state index contributed by atoms with van der Waals surface area (Å²) in [7, 11) is 0. The van der Waals surface area contributed by atoms with Gasteiger partial charge in [0.15, 0.2) is 0 Å². The van der Waals surface area contributed by atoms with Crippen molar-refractivity contribution in [3.05, 3.63) is 0 Å². The molecular weight excluding hydrogens is 212 g/mol. The molecule has 0 amide bonds. The largest absolute Gasteiger partial charge is 0.379 e. The highest BCUT2D eigenvalue weighted by atomic mass is 16.5. The van der Waals surface area contributed by atoms with Gasteiger partial charge in [0.1, 0.15) is 0 Å². The van der Waals surface area contributed by atoms with Gasteiger partial charge in [-0.2, -0.15) is 0 Å². The Morgan fingerprint density at radius 1 is 1.41 bits per heavy atom. The lowest BCUT2D eigenvalue weighted by atomic mass is 9.84. The number of hydrogen-bond acceptors (Lipinski definition) is 3. The van der Waals surface area contributed by atoms with Crippen molar-refractivity contribution in [3.63, 3.8) is 0 Å². The van der Waals surface area contributed by atoms with Crippen LogP contribution in [0.5, 0.6) is 0 Å². The maximum Gasteiger partial charge on any atom is 0.0619 e. The van der Waals surface area contributed by atoms with Gasteiger partial charge in [-0.15, -0.1) is 0 Å². The molecule has 1 aliphatic rings. The van der Waals surface area contributed by atoms with Crippen LogP contribution < -0.4 is 5.32 Å². The van der Waals surface area contributed by atoms with Crippen LogP contribution in [0.4, 0.5) is 0 Å². The SMILES string of the molecule is CCCC(C)(CNCC)CN1CCOCC1C. The van der Waals surface area contributed by atoms with E-state index in [2.05, 4.69) is 37.9 Å². The molecule has 1 aliphatic heterocycles. The van der Waals surface area contributed by atoms with E-state index in [4.69, 9.17) is 4.74 Å². The molecule has 3 nitrogen and oxygen atoms in total. The van der Waals surface area contributed by atoms with Crippen LogP contribution in [0.25, 0.3) is 0 Å². The van der Waals surface area contributed by atoms with E-state index in [9.17, 15) is 0 Å². The first-order valence-corrected chi connectivity index (χ1v) is 7.14. The molecule has 0 saturated carbocycles. The molecule has 1 saturated heterocycles. The Labute approximate surface area is 107 Å². The van der Waals surface area contributed by atoms with E-state index in [1.807, 2.05) is 0 Å². The molecule has 0 bridgehead atoms. The van der Waals surface area contributed by atoms with Crippen molar-refractivity contribution in [2.24, 2.45) is 5.41 Å². The molecule has 0 spiro atoms. The van der Waals surface area contributed by atoms with E-state index in [0.29, 0.717) is 11.5 Å². The predicted octanol–water partition coefficient (Wildman–Crippen LogP) is 2.12. The van der Waals surface area contributed by atoms with Crippen LogP contribution in [0.3, 0.4) is 0 Å². The van der Waals surface area contributed by atoms with Gasteiger partial charge in [0.2, 0.25) is 0 Å². The van der Waals surface area contributed by atoms with Crippen molar-refractivity contribution in [2.45, 2.75) is 46.6 Å². The lowest BCUT2D eigenvalue weighted by Crippen LogP contribution is -2.50. The Morgan fingerprint density at radius 2 is 2.18 bits per heavy atom. The minimum absolute atomic E-state index is 0.399. The standard InChI is InChI=1S/C14H30N2O/c1-5-7-14(4,11-15-6-2)12-16-8-9-17-10-13(16)3/h13,15H,5-12H2,1-4H3. The van der Waals surface area contributed by atoms with Crippen LogP contribution >= 0.6 is 0 Å². The third kappa shape index (κ3) is 4.94. The van der Waals surface area contributed by atoms with E-state index in [0.717, 1.165) is 32.8 Å². The fraction of sp³-hybridized carbons (Fsp3) is 1.00. The fourth-order valence-corrected chi connectivity index (χ4v) is 2.74. The summed E-state index contributed by atoms with van der Waals surface area (Å²) in [5.41, 5.74) is 0.399. The number of nitrogens with zero attached hydrogens (tertiary/aromatic N) is 1. The number of rotatable bonds is 7. The van der Waals surface area contributed by atoms with Gasteiger partial charge in [0.25, 0.3) is 0 Å². The molecule has 0 aromatic rings. The highest BCUT2D eigenvalue weighted by molar-refractivity contribution is 4.83. The monoisotopic (exact) mass is 242 g/mol. The van der Waals surface area contributed by atoms with E-state index in [-0.39, 0.29) is 0 Å². The van der Waals surface area contributed by atoms with Gasteiger partial charge in [-0.3, -0.25) is 4.90 Å². The minimum Gasteiger partial charge on any atom is -0.379 e. The normalized spacial score (nSPS) is 25.8. The van der Waals surface area contributed by atoms with Crippen LogP contribution in [-0.4, -0.2) is 50.3 Å². The molecular formula is C14H30N2O. The summed E-state index contributed by atoms with van der Waals surface area (Å²) in [6.45, 7) is 15.4. The van der Waals surface area contributed by atoms with Gasteiger partial charge in [-0.05, 0) is 25.3 Å². The summed E-state index contributed by atoms with van der Waals surface area (Å²) in [5.74, 6) is 0. The van der Waals surface area contributed by atoms with E-state index in [1.165, 1.54) is 19.4 Å². The number of morpholine rings is 1. The molecule has 1 fully saturated rings. The Hall–Kier alpha value is -0.120. The van der Waals surface area contributed by atoms with Gasteiger partial charge < -0.3 is 10.1 Å². The zero-order chi connectivity index (χ0) is 12.7. The fourth-order valence-electron chi connectivity index (χ4n) is 2.74. The summed E-state index contributed by atoms with van der Waals surface area (Å²) in [5, 5.41) is 3.52. The maximum atomic E-state index is 5.51. The molecule has 2 unspecified atom stereocenters. The summed E-state index contributed by atoms with van der Waals surface area (Å²) in [4.78, 5) is 2.59.